The monoisotopic (exact) mass is 321 g/mol. The average Bonchev–Trinajstić information content (AvgIpc) is 2.33. The van der Waals surface area contributed by atoms with Gasteiger partial charge in [0.1, 0.15) is 15.9 Å². The van der Waals surface area contributed by atoms with E-state index in [1.807, 2.05) is 0 Å². The molecule has 100 valence electrons. The van der Waals surface area contributed by atoms with Crippen molar-refractivity contribution in [2.24, 2.45) is 0 Å². The minimum Gasteiger partial charge on any atom is -0.377 e. The molecule has 0 aliphatic heterocycles. The summed E-state index contributed by atoms with van der Waals surface area (Å²) >= 11 is 11.2. The summed E-state index contributed by atoms with van der Waals surface area (Å²) in [6, 6.07) is 5.66. The van der Waals surface area contributed by atoms with E-state index in [0.717, 1.165) is 24.4 Å². The number of halogens is 3. The molecule has 0 atom stereocenters. The average molecular weight is 322 g/mol. The van der Waals surface area contributed by atoms with E-state index >= 15 is 0 Å². The lowest BCUT2D eigenvalue weighted by Gasteiger charge is -2.08. The van der Waals surface area contributed by atoms with Crippen LogP contribution in [0, 0.1) is 5.82 Å². The number of pyridine rings is 1. The predicted molar refractivity (Wildman–Crippen MR) is 68.5 cm³/mol. The van der Waals surface area contributed by atoms with Gasteiger partial charge in [-0.15, -0.1) is 0 Å². The number of benzene rings is 1. The third-order valence-electron chi connectivity index (χ3n) is 2.08. The molecule has 0 N–H and O–H groups in total. The lowest BCUT2D eigenvalue weighted by Crippen LogP contribution is -2.10. The second kappa shape index (κ2) is 5.32. The van der Waals surface area contributed by atoms with Gasteiger partial charge in [0, 0.05) is 0 Å². The van der Waals surface area contributed by atoms with E-state index in [1.165, 1.54) is 12.1 Å². The zero-order valence-corrected chi connectivity index (χ0v) is 11.5. The van der Waals surface area contributed by atoms with Crippen LogP contribution in [0.15, 0.2) is 41.4 Å². The molecular formula is C11H6Cl2FNO3S. The molecule has 0 amide bonds. The molecule has 1 aromatic heterocycles. The molecule has 19 heavy (non-hydrogen) atoms. The van der Waals surface area contributed by atoms with Gasteiger partial charge in [-0.05, 0) is 30.3 Å². The van der Waals surface area contributed by atoms with E-state index < -0.39 is 15.9 Å². The summed E-state index contributed by atoms with van der Waals surface area (Å²) in [5, 5.41) is 0.00395. The maximum absolute atomic E-state index is 12.8. The quantitative estimate of drug-likeness (QED) is 0.643. The maximum Gasteiger partial charge on any atom is 0.340 e. The van der Waals surface area contributed by atoms with Gasteiger partial charge in [-0.3, -0.25) is 0 Å². The fourth-order valence-electron chi connectivity index (χ4n) is 1.22. The SMILES string of the molecule is O=S(=O)(Oc1ccc(F)cc1Cl)c1ccc(Cl)nc1. The standard InChI is InChI=1S/C11H6Cl2FNO3S/c12-9-5-7(14)1-3-10(9)18-19(16,17)8-2-4-11(13)15-6-8/h1-6H. The molecule has 0 bridgehead atoms. The number of hydrogen-bond donors (Lipinski definition) is 0. The summed E-state index contributed by atoms with van der Waals surface area (Å²) < 4.78 is 41.4. The van der Waals surface area contributed by atoms with Crippen molar-refractivity contribution in [3.8, 4) is 5.75 Å². The Bertz CT molecular complexity index is 704. The molecule has 4 nitrogen and oxygen atoms in total. The van der Waals surface area contributed by atoms with Crippen LogP contribution in [0.2, 0.25) is 10.2 Å². The van der Waals surface area contributed by atoms with Crippen LogP contribution in [-0.4, -0.2) is 13.4 Å². The van der Waals surface area contributed by atoms with Crippen molar-refractivity contribution in [1.82, 2.24) is 4.98 Å². The number of nitrogens with zero attached hydrogens (tertiary/aromatic N) is 1. The number of hydrogen-bond acceptors (Lipinski definition) is 4. The number of rotatable bonds is 3. The van der Waals surface area contributed by atoms with Gasteiger partial charge in [-0.25, -0.2) is 9.37 Å². The molecule has 0 aliphatic carbocycles. The van der Waals surface area contributed by atoms with E-state index in [2.05, 4.69) is 4.98 Å². The van der Waals surface area contributed by atoms with Crippen molar-refractivity contribution in [2.45, 2.75) is 4.90 Å². The van der Waals surface area contributed by atoms with E-state index in [-0.39, 0.29) is 20.8 Å². The van der Waals surface area contributed by atoms with Gasteiger partial charge in [-0.2, -0.15) is 8.42 Å². The summed E-state index contributed by atoms with van der Waals surface area (Å²) in [5.41, 5.74) is 0. The fourth-order valence-corrected chi connectivity index (χ4v) is 2.48. The van der Waals surface area contributed by atoms with Crippen LogP contribution in [0.3, 0.4) is 0 Å². The van der Waals surface area contributed by atoms with E-state index in [4.69, 9.17) is 27.4 Å². The van der Waals surface area contributed by atoms with E-state index in [0.29, 0.717) is 0 Å². The zero-order valence-electron chi connectivity index (χ0n) is 9.18. The first-order chi connectivity index (χ1) is 8.88. The summed E-state index contributed by atoms with van der Waals surface area (Å²) in [4.78, 5) is 3.45. The highest BCUT2D eigenvalue weighted by molar-refractivity contribution is 7.87. The van der Waals surface area contributed by atoms with E-state index in [9.17, 15) is 12.8 Å². The minimum atomic E-state index is -4.09. The third-order valence-corrected chi connectivity index (χ3v) is 3.82. The van der Waals surface area contributed by atoms with Crippen LogP contribution in [0.25, 0.3) is 0 Å². The lowest BCUT2D eigenvalue weighted by molar-refractivity contribution is 0.484. The molecular weight excluding hydrogens is 316 g/mol. The van der Waals surface area contributed by atoms with Crippen molar-refractivity contribution in [1.29, 1.82) is 0 Å². The van der Waals surface area contributed by atoms with Crippen molar-refractivity contribution in [3.05, 3.63) is 52.5 Å². The Balaban J connectivity index is 2.33. The van der Waals surface area contributed by atoms with Crippen LogP contribution in [0.4, 0.5) is 4.39 Å². The minimum absolute atomic E-state index is 0.148. The Hall–Kier alpha value is -1.37. The fraction of sp³-hybridized carbons (Fsp3) is 0. The van der Waals surface area contributed by atoms with Crippen molar-refractivity contribution in [2.75, 3.05) is 0 Å². The predicted octanol–water partition coefficient (Wildman–Crippen LogP) is 3.30. The Kier molecular flexibility index (Phi) is 3.93. The van der Waals surface area contributed by atoms with Crippen LogP contribution in [-0.2, 0) is 10.1 Å². The highest BCUT2D eigenvalue weighted by Crippen LogP contribution is 2.28. The van der Waals surface area contributed by atoms with E-state index in [1.54, 1.807) is 0 Å². The molecule has 1 aromatic carbocycles. The molecule has 0 saturated heterocycles. The summed E-state index contributed by atoms with van der Waals surface area (Å²) in [5.74, 6) is -0.763. The lowest BCUT2D eigenvalue weighted by atomic mass is 10.3. The smallest absolute Gasteiger partial charge is 0.340 e. The topological polar surface area (TPSA) is 56.3 Å². The largest absolute Gasteiger partial charge is 0.377 e. The first kappa shape index (κ1) is 14.0. The Morgan fingerprint density at radius 1 is 1.16 bits per heavy atom. The Morgan fingerprint density at radius 2 is 1.89 bits per heavy atom. The normalized spacial score (nSPS) is 11.3. The Morgan fingerprint density at radius 3 is 2.47 bits per heavy atom. The number of aromatic nitrogens is 1. The van der Waals surface area contributed by atoms with Crippen LogP contribution in [0.1, 0.15) is 0 Å². The second-order valence-electron chi connectivity index (χ2n) is 3.43. The summed E-state index contributed by atoms with van der Waals surface area (Å²) in [6.07, 6.45) is 1.05. The first-order valence-corrected chi connectivity index (χ1v) is 7.06. The van der Waals surface area contributed by atoms with Crippen LogP contribution < -0.4 is 4.18 Å². The van der Waals surface area contributed by atoms with Gasteiger partial charge in [0.2, 0.25) is 0 Å². The van der Waals surface area contributed by atoms with Gasteiger partial charge < -0.3 is 4.18 Å². The maximum atomic E-state index is 12.8. The van der Waals surface area contributed by atoms with Gasteiger partial charge in [0.15, 0.2) is 5.75 Å². The molecule has 2 rings (SSSR count). The van der Waals surface area contributed by atoms with Crippen molar-refractivity contribution < 1.29 is 17.0 Å². The first-order valence-electron chi connectivity index (χ1n) is 4.89. The molecule has 1 heterocycles. The molecule has 0 spiro atoms. The van der Waals surface area contributed by atoms with Crippen molar-refractivity contribution in [3.63, 3.8) is 0 Å². The van der Waals surface area contributed by atoms with Crippen LogP contribution in [0.5, 0.6) is 5.75 Å². The molecule has 2 aromatic rings. The van der Waals surface area contributed by atoms with Gasteiger partial charge in [0.05, 0.1) is 11.2 Å². The van der Waals surface area contributed by atoms with Crippen molar-refractivity contribution >= 4 is 33.3 Å². The van der Waals surface area contributed by atoms with Gasteiger partial charge >= 0.3 is 10.1 Å². The molecule has 0 aliphatic rings. The molecule has 0 unspecified atom stereocenters. The molecule has 0 radical (unpaired) electrons. The van der Waals surface area contributed by atoms with Gasteiger partial charge in [-0.1, -0.05) is 23.2 Å². The zero-order chi connectivity index (χ0) is 14.0. The second-order valence-corrected chi connectivity index (χ2v) is 5.77. The third kappa shape index (κ3) is 3.34. The van der Waals surface area contributed by atoms with Gasteiger partial charge in [0.25, 0.3) is 0 Å². The summed E-state index contributed by atoms with van der Waals surface area (Å²) in [6.45, 7) is 0. The molecule has 8 heteroatoms. The highest BCUT2D eigenvalue weighted by Gasteiger charge is 2.19. The molecule has 0 fully saturated rings. The highest BCUT2D eigenvalue weighted by atomic mass is 35.5. The Labute approximate surface area is 118 Å². The molecule has 0 saturated carbocycles. The summed E-state index contributed by atoms with van der Waals surface area (Å²) in [7, 11) is -4.09. The van der Waals surface area contributed by atoms with Crippen LogP contribution >= 0.6 is 23.2 Å².